The minimum atomic E-state index is -4.05. The monoisotopic (exact) mass is 321 g/mol. The first-order valence-electron chi connectivity index (χ1n) is 6.43. The Balaban J connectivity index is 2.54. The molecule has 0 atom stereocenters. The molecule has 1 aromatic carbocycles. The Morgan fingerprint density at radius 3 is 2.52 bits per heavy atom. The summed E-state index contributed by atoms with van der Waals surface area (Å²) in [5, 5.41) is 0.882. The van der Waals surface area contributed by atoms with Crippen molar-refractivity contribution in [2.75, 3.05) is 0 Å². The molecule has 6 heteroatoms. The zero-order valence-corrected chi connectivity index (χ0v) is 12.8. The highest BCUT2D eigenvalue weighted by atomic mass is 35.7. The summed E-state index contributed by atoms with van der Waals surface area (Å²) in [6.45, 7) is 2.65. The second-order valence-electron chi connectivity index (χ2n) is 4.71. The highest BCUT2D eigenvalue weighted by Crippen LogP contribution is 2.27. The first kappa shape index (κ1) is 14.1. The number of pyridine rings is 1. The third kappa shape index (κ3) is 2.22. The van der Waals surface area contributed by atoms with Crippen LogP contribution in [-0.2, 0) is 15.6 Å². The molecule has 0 bridgehead atoms. The molecule has 1 aliphatic heterocycles. The van der Waals surface area contributed by atoms with Crippen LogP contribution in [0, 0.1) is 0 Å². The van der Waals surface area contributed by atoms with Crippen LogP contribution >= 0.6 is 10.7 Å². The minimum Gasteiger partial charge on any atom is -0.341 e. The molecule has 0 N–H and O–H groups in total. The van der Waals surface area contributed by atoms with Gasteiger partial charge in [0.15, 0.2) is 0 Å². The Morgan fingerprint density at radius 1 is 1.14 bits per heavy atom. The fraction of sp³-hybridized carbons (Fsp3) is 0.133. The van der Waals surface area contributed by atoms with Gasteiger partial charge in [0.25, 0.3) is 9.05 Å². The molecule has 2 aliphatic rings. The number of rotatable bonds is 2. The normalized spacial score (nSPS) is 12.1. The Bertz CT molecular complexity index is 976. The number of hydrogen-bond donors (Lipinski definition) is 0. The van der Waals surface area contributed by atoms with Crippen molar-refractivity contribution in [3.05, 3.63) is 52.7 Å². The molecular formula is C15H12ClNO3S. The summed E-state index contributed by atoms with van der Waals surface area (Å²) in [5.74, 6) is 0. The molecule has 0 aromatic heterocycles. The van der Waals surface area contributed by atoms with E-state index in [1.54, 1.807) is 12.1 Å². The highest BCUT2D eigenvalue weighted by molar-refractivity contribution is 8.13. The quantitative estimate of drug-likeness (QED) is 0.538. The summed E-state index contributed by atoms with van der Waals surface area (Å²) >= 11 is 0. The first-order chi connectivity index (χ1) is 9.93. The lowest BCUT2D eigenvalue weighted by molar-refractivity contribution is 0.609. The fourth-order valence-electron chi connectivity index (χ4n) is 2.62. The van der Waals surface area contributed by atoms with Gasteiger partial charge in [-0.25, -0.2) is 8.42 Å². The van der Waals surface area contributed by atoms with E-state index in [-0.39, 0.29) is 4.90 Å². The van der Waals surface area contributed by atoms with E-state index in [1.165, 1.54) is 6.07 Å². The number of benzene rings is 2. The molecule has 0 radical (unpaired) electrons. The van der Waals surface area contributed by atoms with Crippen LogP contribution < -0.4 is 5.43 Å². The topological polar surface area (TPSA) is 56.1 Å². The summed E-state index contributed by atoms with van der Waals surface area (Å²) in [6, 6.07) is 12.3. The van der Waals surface area contributed by atoms with E-state index >= 15 is 0 Å². The number of aromatic nitrogens is 1. The van der Waals surface area contributed by atoms with E-state index in [9.17, 15) is 13.2 Å². The van der Waals surface area contributed by atoms with Crippen molar-refractivity contribution in [2.45, 2.75) is 18.4 Å². The molecular weight excluding hydrogens is 310 g/mol. The molecule has 1 heterocycles. The summed E-state index contributed by atoms with van der Waals surface area (Å²) < 4.78 is 24.9. The third-order valence-electron chi connectivity index (χ3n) is 3.53. The van der Waals surface area contributed by atoms with Crippen molar-refractivity contribution in [1.82, 2.24) is 4.57 Å². The Kier molecular flexibility index (Phi) is 3.26. The largest absolute Gasteiger partial charge is 0.341 e. The van der Waals surface area contributed by atoms with Gasteiger partial charge in [-0.3, -0.25) is 4.79 Å². The van der Waals surface area contributed by atoms with Crippen LogP contribution in [0.25, 0.3) is 22.2 Å². The smallest absolute Gasteiger partial charge is 0.265 e. The van der Waals surface area contributed by atoms with Crippen LogP contribution in [0.5, 0.6) is 0 Å². The first-order valence-corrected chi connectivity index (χ1v) is 8.74. The number of para-hydroxylation sites is 1. The summed E-state index contributed by atoms with van der Waals surface area (Å²) in [6.07, 6.45) is 0. The van der Waals surface area contributed by atoms with Crippen molar-refractivity contribution in [3.8, 4) is 11.3 Å². The zero-order chi connectivity index (χ0) is 15.2. The number of halogens is 1. The highest BCUT2D eigenvalue weighted by Gasteiger charge is 2.21. The summed E-state index contributed by atoms with van der Waals surface area (Å²) in [5.41, 5.74) is 1.49. The molecule has 108 valence electrons. The van der Waals surface area contributed by atoms with Crippen LogP contribution in [0.1, 0.15) is 6.92 Å². The summed E-state index contributed by atoms with van der Waals surface area (Å²) in [4.78, 5) is 12.0. The molecule has 0 spiro atoms. The van der Waals surface area contributed by atoms with Crippen LogP contribution in [0.3, 0.4) is 0 Å². The molecule has 0 fully saturated rings. The predicted octanol–water partition coefficient (Wildman–Crippen LogP) is 3.05. The van der Waals surface area contributed by atoms with E-state index in [0.717, 1.165) is 10.9 Å². The maximum absolute atomic E-state index is 12.4. The fourth-order valence-corrected chi connectivity index (χ4v) is 3.54. The number of fused-ring (bicyclic) bond motifs is 2. The second kappa shape index (κ2) is 4.86. The van der Waals surface area contributed by atoms with Gasteiger partial charge in [-0.15, -0.1) is 0 Å². The Hall–Kier alpha value is -1.85. The Morgan fingerprint density at radius 2 is 1.86 bits per heavy atom. The van der Waals surface area contributed by atoms with Gasteiger partial charge in [-0.2, -0.15) is 0 Å². The Labute approximate surface area is 126 Å². The molecule has 1 aliphatic carbocycles. The van der Waals surface area contributed by atoms with Gasteiger partial charge in [0, 0.05) is 28.3 Å². The number of nitrogens with zero attached hydrogens (tertiary/aromatic N) is 1. The zero-order valence-electron chi connectivity index (χ0n) is 11.2. The number of hydrogen-bond acceptors (Lipinski definition) is 3. The SMILES string of the molecule is CCn1c2ccc(S(=O)(=O)Cl)c(=O)c-2cc2ccccc21. The van der Waals surface area contributed by atoms with Crippen LogP contribution in [0.4, 0.5) is 0 Å². The molecule has 1 aromatic rings. The van der Waals surface area contributed by atoms with Crippen molar-refractivity contribution in [1.29, 1.82) is 0 Å². The molecule has 0 unspecified atom stereocenters. The van der Waals surface area contributed by atoms with Crippen molar-refractivity contribution in [2.24, 2.45) is 0 Å². The van der Waals surface area contributed by atoms with Crippen LogP contribution in [-0.4, -0.2) is 13.0 Å². The lowest BCUT2D eigenvalue weighted by atomic mass is 10.0. The maximum atomic E-state index is 12.4. The van der Waals surface area contributed by atoms with Crippen LogP contribution in [0.2, 0.25) is 0 Å². The summed E-state index contributed by atoms with van der Waals surface area (Å²) in [7, 11) is 1.27. The molecule has 0 saturated carbocycles. The van der Waals surface area contributed by atoms with Gasteiger partial charge in [-0.05, 0) is 36.6 Å². The predicted molar refractivity (Wildman–Crippen MR) is 83.5 cm³/mol. The molecule has 0 amide bonds. The minimum absolute atomic E-state index is 0.359. The van der Waals surface area contributed by atoms with E-state index in [4.69, 9.17) is 10.7 Å². The van der Waals surface area contributed by atoms with Crippen LogP contribution in [0.15, 0.2) is 52.2 Å². The van der Waals surface area contributed by atoms with Gasteiger partial charge in [-0.1, -0.05) is 18.2 Å². The lowest BCUT2D eigenvalue weighted by Gasteiger charge is -2.17. The van der Waals surface area contributed by atoms with Crippen molar-refractivity contribution in [3.63, 3.8) is 0 Å². The van der Waals surface area contributed by atoms with Gasteiger partial charge in [0.05, 0.1) is 5.69 Å². The molecule has 4 nitrogen and oxygen atoms in total. The van der Waals surface area contributed by atoms with Crippen molar-refractivity contribution < 1.29 is 8.42 Å². The lowest BCUT2D eigenvalue weighted by Crippen LogP contribution is -2.17. The third-order valence-corrected chi connectivity index (χ3v) is 4.88. The standard InChI is InChI=1S/C15H12ClNO3S/c1-2-17-12-6-4-3-5-10(12)9-11-13(17)7-8-14(15(11)18)21(16,19)20/h3-9H,2H2,1H3. The average Bonchev–Trinajstić information content (AvgIpc) is 2.44. The molecule has 3 rings (SSSR count). The second-order valence-corrected chi connectivity index (χ2v) is 7.25. The van der Waals surface area contributed by atoms with Gasteiger partial charge in [0.1, 0.15) is 4.90 Å². The van der Waals surface area contributed by atoms with Crippen molar-refractivity contribution >= 4 is 30.6 Å². The van der Waals surface area contributed by atoms with E-state index in [0.29, 0.717) is 17.8 Å². The van der Waals surface area contributed by atoms with Gasteiger partial charge in [0.2, 0.25) is 5.43 Å². The maximum Gasteiger partial charge on any atom is 0.265 e. The van der Waals surface area contributed by atoms with Gasteiger partial charge >= 0.3 is 0 Å². The number of aryl methyl sites for hydroxylation is 1. The molecule has 21 heavy (non-hydrogen) atoms. The van der Waals surface area contributed by atoms with E-state index in [2.05, 4.69) is 0 Å². The van der Waals surface area contributed by atoms with E-state index < -0.39 is 14.5 Å². The van der Waals surface area contributed by atoms with Gasteiger partial charge < -0.3 is 4.57 Å². The average molecular weight is 322 g/mol. The molecule has 0 saturated heterocycles. The van der Waals surface area contributed by atoms with E-state index in [1.807, 2.05) is 35.8 Å².